The van der Waals surface area contributed by atoms with Crippen LogP contribution in [0.2, 0.25) is 0 Å². The standard InChI is InChI=1S/C23H30N2O4/c1-5-24(6-2)20-11-9-18(15-26)22(13-20)28-17-29-23-14-21(25(7-3)8-4)12-10-19(23)16-27/h9-16H,5-8,17H2,1-4H3. The number of aldehydes is 2. The predicted molar refractivity (Wildman–Crippen MR) is 117 cm³/mol. The van der Waals surface area contributed by atoms with E-state index in [-0.39, 0.29) is 6.79 Å². The lowest BCUT2D eigenvalue weighted by Crippen LogP contribution is -2.22. The van der Waals surface area contributed by atoms with Crippen LogP contribution in [0.25, 0.3) is 0 Å². The SMILES string of the molecule is CCN(CC)c1ccc(C=O)c(OCOc2cc(N(CC)CC)ccc2C=O)c1. The fraction of sp³-hybridized carbons (Fsp3) is 0.391. The van der Waals surface area contributed by atoms with E-state index < -0.39 is 0 Å². The molecule has 0 unspecified atom stereocenters. The van der Waals surface area contributed by atoms with Gasteiger partial charge in [0.1, 0.15) is 11.5 Å². The summed E-state index contributed by atoms with van der Waals surface area (Å²) < 4.78 is 11.5. The monoisotopic (exact) mass is 398 g/mol. The average molecular weight is 399 g/mol. The van der Waals surface area contributed by atoms with Gasteiger partial charge in [0.2, 0.25) is 6.79 Å². The summed E-state index contributed by atoms with van der Waals surface area (Å²) in [6, 6.07) is 11.0. The van der Waals surface area contributed by atoms with Crippen molar-refractivity contribution in [1.29, 1.82) is 0 Å². The van der Waals surface area contributed by atoms with Crippen molar-refractivity contribution in [2.75, 3.05) is 42.8 Å². The third-order valence-electron chi connectivity index (χ3n) is 4.93. The van der Waals surface area contributed by atoms with Crippen molar-refractivity contribution in [3.63, 3.8) is 0 Å². The normalized spacial score (nSPS) is 10.3. The Morgan fingerprint density at radius 3 is 1.38 bits per heavy atom. The molecular formula is C23H30N2O4. The number of hydrogen-bond donors (Lipinski definition) is 0. The van der Waals surface area contributed by atoms with Gasteiger partial charge in [-0.25, -0.2) is 0 Å². The molecule has 0 saturated heterocycles. The first-order valence-corrected chi connectivity index (χ1v) is 10.1. The molecule has 2 aromatic carbocycles. The van der Waals surface area contributed by atoms with Gasteiger partial charge in [-0.3, -0.25) is 9.59 Å². The van der Waals surface area contributed by atoms with Gasteiger partial charge in [-0.05, 0) is 52.0 Å². The van der Waals surface area contributed by atoms with Gasteiger partial charge in [0.25, 0.3) is 0 Å². The highest BCUT2D eigenvalue weighted by Crippen LogP contribution is 2.27. The van der Waals surface area contributed by atoms with E-state index in [9.17, 15) is 9.59 Å². The van der Waals surface area contributed by atoms with E-state index in [0.29, 0.717) is 22.6 Å². The Balaban J connectivity index is 2.18. The van der Waals surface area contributed by atoms with Crippen molar-refractivity contribution in [2.45, 2.75) is 27.7 Å². The van der Waals surface area contributed by atoms with Crippen LogP contribution in [-0.2, 0) is 0 Å². The molecule has 0 heterocycles. The van der Waals surface area contributed by atoms with E-state index in [1.54, 1.807) is 12.1 Å². The molecule has 0 bridgehead atoms. The quantitative estimate of drug-likeness (QED) is 0.390. The molecule has 6 heteroatoms. The summed E-state index contributed by atoms with van der Waals surface area (Å²) in [5.74, 6) is 0.911. The minimum atomic E-state index is -0.106. The highest BCUT2D eigenvalue weighted by atomic mass is 16.7. The summed E-state index contributed by atoms with van der Waals surface area (Å²) in [5.41, 5.74) is 2.87. The number of benzene rings is 2. The van der Waals surface area contributed by atoms with E-state index in [4.69, 9.17) is 9.47 Å². The molecule has 0 radical (unpaired) electrons. The summed E-state index contributed by atoms with van der Waals surface area (Å²) >= 11 is 0. The van der Waals surface area contributed by atoms with Crippen LogP contribution in [0.3, 0.4) is 0 Å². The maximum absolute atomic E-state index is 11.4. The van der Waals surface area contributed by atoms with Gasteiger partial charge >= 0.3 is 0 Å². The second kappa shape index (κ2) is 11.1. The number of nitrogens with zero attached hydrogens (tertiary/aromatic N) is 2. The molecule has 0 aliphatic carbocycles. The fourth-order valence-corrected chi connectivity index (χ4v) is 3.22. The third-order valence-corrected chi connectivity index (χ3v) is 4.93. The van der Waals surface area contributed by atoms with Crippen LogP contribution in [0.1, 0.15) is 48.4 Å². The summed E-state index contributed by atoms with van der Waals surface area (Å²) in [6.45, 7) is 11.6. The molecule has 2 rings (SSSR count). The molecule has 0 aliphatic rings. The van der Waals surface area contributed by atoms with Gasteiger partial charge in [-0.1, -0.05) is 0 Å². The number of anilines is 2. The first-order valence-electron chi connectivity index (χ1n) is 10.1. The zero-order valence-electron chi connectivity index (χ0n) is 17.7. The van der Waals surface area contributed by atoms with Crippen LogP contribution < -0.4 is 19.3 Å². The maximum Gasteiger partial charge on any atom is 0.230 e. The molecule has 156 valence electrons. The van der Waals surface area contributed by atoms with Crippen LogP contribution in [0.4, 0.5) is 11.4 Å². The third kappa shape index (κ3) is 5.50. The van der Waals surface area contributed by atoms with Crippen LogP contribution in [0.15, 0.2) is 36.4 Å². The number of carbonyl (C=O) groups excluding carboxylic acids is 2. The van der Waals surface area contributed by atoms with Gasteiger partial charge in [-0.15, -0.1) is 0 Å². The molecule has 0 atom stereocenters. The highest BCUT2D eigenvalue weighted by molar-refractivity contribution is 5.81. The smallest absolute Gasteiger partial charge is 0.230 e. The minimum Gasteiger partial charge on any atom is -0.457 e. The van der Waals surface area contributed by atoms with Crippen molar-refractivity contribution >= 4 is 23.9 Å². The van der Waals surface area contributed by atoms with Gasteiger partial charge in [0, 0.05) is 49.7 Å². The van der Waals surface area contributed by atoms with Gasteiger partial charge in [0.15, 0.2) is 12.6 Å². The largest absolute Gasteiger partial charge is 0.457 e. The molecular weight excluding hydrogens is 368 g/mol. The van der Waals surface area contributed by atoms with Crippen LogP contribution in [0.5, 0.6) is 11.5 Å². The summed E-state index contributed by atoms with van der Waals surface area (Å²) in [7, 11) is 0. The van der Waals surface area contributed by atoms with E-state index in [0.717, 1.165) is 50.1 Å². The second-order valence-electron chi connectivity index (χ2n) is 6.43. The van der Waals surface area contributed by atoms with E-state index in [1.807, 2.05) is 24.3 Å². The van der Waals surface area contributed by atoms with Crippen molar-refractivity contribution in [1.82, 2.24) is 0 Å². The van der Waals surface area contributed by atoms with Crippen molar-refractivity contribution in [2.24, 2.45) is 0 Å². The summed E-state index contributed by atoms with van der Waals surface area (Å²) in [4.78, 5) is 27.1. The number of carbonyl (C=O) groups is 2. The lowest BCUT2D eigenvalue weighted by atomic mass is 10.2. The molecule has 6 nitrogen and oxygen atoms in total. The van der Waals surface area contributed by atoms with Crippen molar-refractivity contribution < 1.29 is 19.1 Å². The van der Waals surface area contributed by atoms with Crippen molar-refractivity contribution in [3.8, 4) is 11.5 Å². The summed E-state index contributed by atoms with van der Waals surface area (Å²) in [5, 5.41) is 0. The van der Waals surface area contributed by atoms with Crippen LogP contribution in [-0.4, -0.2) is 45.5 Å². The van der Waals surface area contributed by atoms with Crippen LogP contribution >= 0.6 is 0 Å². The molecule has 0 aromatic heterocycles. The zero-order chi connectivity index (χ0) is 21.2. The Morgan fingerprint density at radius 2 is 1.07 bits per heavy atom. The Morgan fingerprint density at radius 1 is 0.690 bits per heavy atom. The lowest BCUT2D eigenvalue weighted by Gasteiger charge is -2.23. The summed E-state index contributed by atoms with van der Waals surface area (Å²) in [6.07, 6.45) is 1.53. The predicted octanol–water partition coefficient (Wildman–Crippen LogP) is 4.42. The minimum absolute atomic E-state index is 0.106. The lowest BCUT2D eigenvalue weighted by molar-refractivity contribution is 0.106. The fourth-order valence-electron chi connectivity index (χ4n) is 3.22. The Bertz CT molecular complexity index is 747. The number of ether oxygens (including phenoxy) is 2. The average Bonchev–Trinajstić information content (AvgIpc) is 2.76. The van der Waals surface area contributed by atoms with E-state index in [1.165, 1.54) is 0 Å². The second-order valence-corrected chi connectivity index (χ2v) is 6.43. The zero-order valence-corrected chi connectivity index (χ0v) is 17.7. The maximum atomic E-state index is 11.4. The Hall–Kier alpha value is -3.02. The number of rotatable bonds is 12. The molecule has 0 N–H and O–H groups in total. The van der Waals surface area contributed by atoms with Gasteiger partial charge < -0.3 is 19.3 Å². The van der Waals surface area contributed by atoms with Crippen LogP contribution in [0, 0.1) is 0 Å². The molecule has 0 fully saturated rings. The first kappa shape index (κ1) is 22.3. The molecule has 2 aromatic rings. The molecule has 0 spiro atoms. The first-order chi connectivity index (χ1) is 14.1. The van der Waals surface area contributed by atoms with Gasteiger partial charge in [0.05, 0.1) is 11.1 Å². The molecule has 29 heavy (non-hydrogen) atoms. The highest BCUT2D eigenvalue weighted by Gasteiger charge is 2.11. The Kier molecular flexibility index (Phi) is 8.52. The Labute approximate surface area is 173 Å². The van der Waals surface area contributed by atoms with Gasteiger partial charge in [-0.2, -0.15) is 0 Å². The molecule has 0 amide bonds. The molecule has 0 saturated carbocycles. The molecule has 0 aliphatic heterocycles. The topological polar surface area (TPSA) is 59.1 Å². The van der Waals surface area contributed by atoms with Crippen molar-refractivity contribution in [3.05, 3.63) is 47.5 Å². The number of hydrogen-bond acceptors (Lipinski definition) is 6. The van der Waals surface area contributed by atoms with E-state index in [2.05, 4.69) is 37.5 Å². The van der Waals surface area contributed by atoms with E-state index >= 15 is 0 Å².